The van der Waals surface area contributed by atoms with Gasteiger partial charge in [-0.25, -0.2) is 9.97 Å². The number of imidazole rings is 1. The molecule has 3 rings (SSSR count). The van der Waals surface area contributed by atoms with E-state index in [1.165, 1.54) is 0 Å². The molecule has 3 aromatic rings. The average Bonchev–Trinajstić information content (AvgIpc) is 2.94. The minimum atomic E-state index is 0.367. The van der Waals surface area contributed by atoms with E-state index < -0.39 is 0 Å². The molecule has 0 atom stereocenters. The third-order valence-electron chi connectivity index (χ3n) is 2.85. The van der Waals surface area contributed by atoms with Crippen LogP contribution in [0, 0.1) is 5.92 Å². The molecule has 4 nitrogen and oxygen atoms in total. The SMILES string of the molecule is CC(C)Cn1c(-c2ccc(Cl)o2)nc2cccnc21. The van der Waals surface area contributed by atoms with Gasteiger partial charge in [-0.2, -0.15) is 0 Å². The number of nitrogens with zero attached hydrogens (tertiary/aromatic N) is 3. The Morgan fingerprint density at radius 3 is 2.84 bits per heavy atom. The zero-order chi connectivity index (χ0) is 13.4. The van der Waals surface area contributed by atoms with Gasteiger partial charge in [0.05, 0.1) is 0 Å². The lowest BCUT2D eigenvalue weighted by molar-refractivity contribution is 0.520. The summed E-state index contributed by atoms with van der Waals surface area (Å²) in [4.78, 5) is 9.01. The first kappa shape index (κ1) is 12.2. The molecule has 0 bridgehead atoms. The molecule has 0 saturated heterocycles. The number of pyridine rings is 1. The fourth-order valence-electron chi connectivity index (χ4n) is 2.12. The molecule has 3 heterocycles. The monoisotopic (exact) mass is 275 g/mol. The molecule has 0 aromatic carbocycles. The van der Waals surface area contributed by atoms with Crippen LogP contribution in [-0.2, 0) is 6.54 Å². The van der Waals surface area contributed by atoms with E-state index in [9.17, 15) is 0 Å². The van der Waals surface area contributed by atoms with Crippen molar-refractivity contribution in [3.8, 4) is 11.6 Å². The standard InChI is InChI=1S/C14H14ClN3O/c1-9(2)8-18-13-10(4-3-7-16-13)17-14(18)11-5-6-12(15)19-11/h3-7,9H,8H2,1-2H3. The molecule has 0 fully saturated rings. The van der Waals surface area contributed by atoms with Crippen molar-refractivity contribution in [2.75, 3.05) is 0 Å². The van der Waals surface area contributed by atoms with Gasteiger partial charge in [0.2, 0.25) is 0 Å². The summed E-state index contributed by atoms with van der Waals surface area (Å²) in [5, 5.41) is 0.367. The molecule has 0 aliphatic carbocycles. The summed E-state index contributed by atoms with van der Waals surface area (Å²) >= 11 is 5.85. The highest BCUT2D eigenvalue weighted by molar-refractivity contribution is 6.28. The second-order valence-electron chi connectivity index (χ2n) is 4.89. The molecule has 0 aliphatic rings. The highest BCUT2D eigenvalue weighted by Crippen LogP contribution is 2.27. The summed E-state index contributed by atoms with van der Waals surface area (Å²) in [5.74, 6) is 1.93. The van der Waals surface area contributed by atoms with E-state index in [2.05, 4.69) is 28.4 Å². The number of hydrogen-bond acceptors (Lipinski definition) is 3. The van der Waals surface area contributed by atoms with Gasteiger partial charge in [0, 0.05) is 12.7 Å². The molecule has 0 saturated carbocycles. The van der Waals surface area contributed by atoms with Crippen LogP contribution in [0.15, 0.2) is 34.9 Å². The highest BCUT2D eigenvalue weighted by Gasteiger charge is 2.16. The van der Waals surface area contributed by atoms with Gasteiger partial charge in [0.15, 0.2) is 22.5 Å². The van der Waals surface area contributed by atoms with Crippen LogP contribution in [0.4, 0.5) is 0 Å². The van der Waals surface area contributed by atoms with Crippen molar-refractivity contribution in [2.24, 2.45) is 5.92 Å². The van der Waals surface area contributed by atoms with Gasteiger partial charge in [0.1, 0.15) is 5.52 Å². The Balaban J connectivity index is 2.22. The summed E-state index contributed by atoms with van der Waals surface area (Å²) < 4.78 is 7.55. The molecule has 0 amide bonds. The molecular weight excluding hydrogens is 262 g/mol. The second-order valence-corrected chi connectivity index (χ2v) is 5.26. The minimum Gasteiger partial charge on any atom is -0.441 e. The van der Waals surface area contributed by atoms with Gasteiger partial charge >= 0.3 is 0 Å². The topological polar surface area (TPSA) is 43.9 Å². The third kappa shape index (κ3) is 2.24. The maximum atomic E-state index is 5.85. The summed E-state index contributed by atoms with van der Waals surface area (Å²) in [6, 6.07) is 7.39. The van der Waals surface area contributed by atoms with Crippen LogP contribution in [0.25, 0.3) is 22.7 Å². The number of furan rings is 1. The molecular formula is C14H14ClN3O. The summed E-state index contributed by atoms with van der Waals surface area (Å²) in [6.45, 7) is 5.16. The van der Waals surface area contributed by atoms with Crippen LogP contribution >= 0.6 is 11.6 Å². The number of aromatic nitrogens is 3. The zero-order valence-corrected chi connectivity index (χ0v) is 11.6. The van der Waals surface area contributed by atoms with Crippen LogP contribution in [0.3, 0.4) is 0 Å². The first-order chi connectivity index (χ1) is 9.15. The van der Waals surface area contributed by atoms with Crippen molar-refractivity contribution in [1.82, 2.24) is 14.5 Å². The van der Waals surface area contributed by atoms with Crippen molar-refractivity contribution in [1.29, 1.82) is 0 Å². The Labute approximate surface area is 116 Å². The van der Waals surface area contributed by atoms with Crippen LogP contribution in [0.5, 0.6) is 0 Å². The van der Waals surface area contributed by atoms with Crippen molar-refractivity contribution in [2.45, 2.75) is 20.4 Å². The van der Waals surface area contributed by atoms with Crippen LogP contribution in [0.2, 0.25) is 5.22 Å². The largest absolute Gasteiger partial charge is 0.441 e. The van der Waals surface area contributed by atoms with Gasteiger partial charge < -0.3 is 8.98 Å². The molecule has 3 aromatic heterocycles. The van der Waals surface area contributed by atoms with Gasteiger partial charge in [-0.3, -0.25) is 0 Å². The summed E-state index contributed by atoms with van der Waals surface area (Å²) in [6.07, 6.45) is 1.78. The Morgan fingerprint density at radius 1 is 1.32 bits per heavy atom. The Morgan fingerprint density at radius 2 is 2.16 bits per heavy atom. The Hall–Kier alpha value is -1.81. The molecule has 19 heavy (non-hydrogen) atoms. The smallest absolute Gasteiger partial charge is 0.194 e. The fraction of sp³-hybridized carbons (Fsp3) is 0.286. The number of hydrogen-bond donors (Lipinski definition) is 0. The normalized spacial score (nSPS) is 11.6. The second kappa shape index (κ2) is 4.70. The molecule has 5 heteroatoms. The van der Waals surface area contributed by atoms with E-state index in [0.29, 0.717) is 16.9 Å². The van der Waals surface area contributed by atoms with Gasteiger partial charge in [0.25, 0.3) is 0 Å². The van der Waals surface area contributed by atoms with E-state index in [1.54, 1.807) is 12.3 Å². The van der Waals surface area contributed by atoms with Gasteiger partial charge in [-0.05, 0) is 41.8 Å². The number of fused-ring (bicyclic) bond motifs is 1. The minimum absolute atomic E-state index is 0.367. The van der Waals surface area contributed by atoms with Crippen molar-refractivity contribution < 1.29 is 4.42 Å². The number of halogens is 1. The zero-order valence-electron chi connectivity index (χ0n) is 10.8. The lowest BCUT2D eigenvalue weighted by Crippen LogP contribution is -2.06. The van der Waals surface area contributed by atoms with Crippen LogP contribution in [0.1, 0.15) is 13.8 Å². The molecule has 0 N–H and O–H groups in total. The van der Waals surface area contributed by atoms with E-state index in [-0.39, 0.29) is 0 Å². The van der Waals surface area contributed by atoms with E-state index >= 15 is 0 Å². The van der Waals surface area contributed by atoms with Gasteiger partial charge in [-0.15, -0.1) is 0 Å². The van der Waals surface area contributed by atoms with Crippen LogP contribution < -0.4 is 0 Å². The third-order valence-corrected chi connectivity index (χ3v) is 3.05. The lowest BCUT2D eigenvalue weighted by Gasteiger charge is -2.09. The highest BCUT2D eigenvalue weighted by atomic mass is 35.5. The first-order valence-electron chi connectivity index (χ1n) is 6.22. The molecule has 0 spiro atoms. The van der Waals surface area contributed by atoms with Gasteiger partial charge in [-0.1, -0.05) is 13.8 Å². The van der Waals surface area contributed by atoms with Crippen molar-refractivity contribution >= 4 is 22.8 Å². The lowest BCUT2D eigenvalue weighted by atomic mass is 10.2. The van der Waals surface area contributed by atoms with Crippen LogP contribution in [-0.4, -0.2) is 14.5 Å². The molecule has 0 aliphatic heterocycles. The quantitative estimate of drug-likeness (QED) is 0.726. The predicted molar refractivity (Wildman–Crippen MR) is 75.1 cm³/mol. The first-order valence-corrected chi connectivity index (χ1v) is 6.60. The van der Waals surface area contributed by atoms with Crippen molar-refractivity contribution in [3.05, 3.63) is 35.7 Å². The molecule has 98 valence electrons. The average molecular weight is 276 g/mol. The fourth-order valence-corrected chi connectivity index (χ4v) is 2.27. The summed E-state index contributed by atoms with van der Waals surface area (Å²) in [7, 11) is 0. The molecule has 0 radical (unpaired) electrons. The Kier molecular flexibility index (Phi) is 3.03. The Bertz CT molecular complexity index is 714. The maximum Gasteiger partial charge on any atom is 0.194 e. The maximum absolute atomic E-state index is 5.85. The van der Waals surface area contributed by atoms with Crippen molar-refractivity contribution in [3.63, 3.8) is 0 Å². The predicted octanol–water partition coefficient (Wildman–Crippen LogP) is 4.00. The number of rotatable bonds is 3. The van der Waals surface area contributed by atoms with E-state index in [1.807, 2.05) is 18.2 Å². The molecule has 0 unspecified atom stereocenters. The van der Waals surface area contributed by atoms with E-state index in [4.69, 9.17) is 16.0 Å². The summed E-state index contributed by atoms with van der Waals surface area (Å²) in [5.41, 5.74) is 1.74. The van der Waals surface area contributed by atoms with E-state index in [0.717, 1.165) is 23.5 Å².